The van der Waals surface area contributed by atoms with Crippen LogP contribution in [0.15, 0.2) is 0 Å². The monoisotopic (exact) mass is 422 g/mol. The van der Waals surface area contributed by atoms with Crippen molar-refractivity contribution in [3.05, 3.63) is 0 Å². The van der Waals surface area contributed by atoms with Crippen molar-refractivity contribution in [2.24, 2.45) is 40.4 Å². The quantitative estimate of drug-likeness (QED) is 0.677. The standard InChI is InChI=1S/C24H38O6/c1-21-7-8-23(27-9-10-28-23)13-18(21)15(14-25)20(26)19-16(21)3-5-22(2)17(19)4-6-24(22)29-11-12-30-24/h15-20,25-26H,3-14H2,1-2H3/t15-,16?,17?,18?,19?,20-,21-,22+/m1/s1. The predicted octanol–water partition coefficient (Wildman–Crippen LogP) is 2.70. The zero-order valence-electron chi connectivity index (χ0n) is 18.5. The van der Waals surface area contributed by atoms with Gasteiger partial charge in [-0.3, -0.25) is 0 Å². The summed E-state index contributed by atoms with van der Waals surface area (Å²) in [5, 5.41) is 22.2. The van der Waals surface area contributed by atoms with Gasteiger partial charge in [0, 0.05) is 37.2 Å². The Morgan fingerprint density at radius 2 is 1.47 bits per heavy atom. The molecule has 2 aliphatic heterocycles. The first-order valence-electron chi connectivity index (χ1n) is 12.2. The lowest BCUT2D eigenvalue weighted by Crippen LogP contribution is -2.65. The average Bonchev–Trinajstić information content (AvgIpc) is 3.46. The van der Waals surface area contributed by atoms with E-state index in [1.807, 2.05) is 0 Å². The van der Waals surface area contributed by atoms with Crippen LogP contribution in [-0.4, -0.2) is 60.9 Å². The van der Waals surface area contributed by atoms with Gasteiger partial charge in [-0.25, -0.2) is 0 Å². The van der Waals surface area contributed by atoms with E-state index in [1.54, 1.807) is 0 Å². The first kappa shape index (κ1) is 20.4. The fourth-order valence-corrected chi connectivity index (χ4v) is 9.26. The van der Waals surface area contributed by atoms with Gasteiger partial charge in [-0.05, 0) is 54.8 Å². The maximum Gasteiger partial charge on any atom is 0.174 e. The summed E-state index contributed by atoms with van der Waals surface area (Å²) >= 11 is 0. The van der Waals surface area contributed by atoms with E-state index >= 15 is 0 Å². The number of aliphatic hydroxyl groups is 2. The van der Waals surface area contributed by atoms with Gasteiger partial charge in [-0.15, -0.1) is 0 Å². The fourth-order valence-electron chi connectivity index (χ4n) is 9.26. The molecule has 2 saturated heterocycles. The molecule has 8 atom stereocenters. The van der Waals surface area contributed by atoms with Crippen LogP contribution in [0.2, 0.25) is 0 Å². The van der Waals surface area contributed by atoms with E-state index in [9.17, 15) is 10.2 Å². The molecule has 4 aliphatic carbocycles. The van der Waals surface area contributed by atoms with Crippen LogP contribution in [0.4, 0.5) is 0 Å². The van der Waals surface area contributed by atoms with Crippen LogP contribution in [0.5, 0.6) is 0 Å². The minimum atomic E-state index is -0.490. The summed E-state index contributed by atoms with van der Waals surface area (Å²) in [6.45, 7) is 7.48. The molecule has 2 spiro atoms. The SMILES string of the molecule is C[C@]12CCC3(CC1[C@@H](CO)[C@@H](O)C1C2CC[C@@]2(C)C1CCC21OCCO1)OCCO3. The van der Waals surface area contributed by atoms with Gasteiger partial charge in [0.2, 0.25) is 0 Å². The lowest BCUT2D eigenvalue weighted by molar-refractivity contribution is -0.282. The van der Waals surface area contributed by atoms with Crippen LogP contribution in [0, 0.1) is 40.4 Å². The van der Waals surface area contributed by atoms with Gasteiger partial charge in [-0.2, -0.15) is 0 Å². The maximum atomic E-state index is 11.7. The number of fused-ring (bicyclic) bond motifs is 6. The van der Waals surface area contributed by atoms with Crippen molar-refractivity contribution in [3.63, 3.8) is 0 Å². The van der Waals surface area contributed by atoms with Crippen LogP contribution in [-0.2, 0) is 18.9 Å². The Kier molecular flexibility index (Phi) is 4.51. The lowest BCUT2D eigenvalue weighted by Gasteiger charge is -2.65. The Labute approximate surface area is 179 Å². The van der Waals surface area contributed by atoms with Gasteiger partial charge < -0.3 is 29.2 Å². The summed E-state index contributed by atoms with van der Waals surface area (Å²) in [7, 11) is 0. The van der Waals surface area contributed by atoms with Gasteiger partial charge >= 0.3 is 0 Å². The molecule has 4 unspecified atom stereocenters. The molecule has 0 bridgehead atoms. The molecular formula is C24H38O6. The van der Waals surface area contributed by atoms with Crippen molar-refractivity contribution in [2.45, 2.75) is 76.5 Å². The summed E-state index contributed by atoms with van der Waals surface area (Å²) in [5.74, 6) is 0.205. The number of rotatable bonds is 1. The summed E-state index contributed by atoms with van der Waals surface area (Å²) in [4.78, 5) is 0. The molecule has 6 rings (SSSR count). The molecule has 6 heteroatoms. The number of aliphatic hydroxyl groups excluding tert-OH is 2. The summed E-state index contributed by atoms with van der Waals surface area (Å²) in [6, 6.07) is 0. The Balaban J connectivity index is 1.36. The van der Waals surface area contributed by atoms with Gasteiger partial charge in [0.1, 0.15) is 0 Å². The van der Waals surface area contributed by atoms with E-state index in [0.717, 1.165) is 44.9 Å². The van der Waals surface area contributed by atoms with Crippen LogP contribution in [0.25, 0.3) is 0 Å². The third-order valence-corrected chi connectivity index (χ3v) is 10.8. The number of hydrogen-bond donors (Lipinski definition) is 2. The third kappa shape index (κ3) is 2.41. The van der Waals surface area contributed by atoms with E-state index in [2.05, 4.69) is 13.8 Å². The largest absolute Gasteiger partial charge is 0.396 e. The van der Waals surface area contributed by atoms with E-state index in [-0.39, 0.29) is 35.2 Å². The molecule has 2 heterocycles. The Morgan fingerprint density at radius 3 is 2.17 bits per heavy atom. The smallest absolute Gasteiger partial charge is 0.174 e. The minimum absolute atomic E-state index is 0.0301. The molecule has 2 N–H and O–H groups in total. The Bertz CT molecular complexity index is 685. The van der Waals surface area contributed by atoms with E-state index in [0.29, 0.717) is 38.3 Å². The zero-order valence-corrected chi connectivity index (χ0v) is 18.5. The van der Waals surface area contributed by atoms with E-state index < -0.39 is 17.7 Å². The molecule has 0 amide bonds. The average molecular weight is 423 g/mol. The highest BCUT2D eigenvalue weighted by Gasteiger charge is 2.70. The molecule has 0 aromatic carbocycles. The molecule has 6 aliphatic rings. The molecule has 0 aromatic rings. The summed E-state index contributed by atoms with van der Waals surface area (Å²) in [5.41, 5.74) is 0.0503. The second-order valence-electron chi connectivity index (χ2n) is 11.5. The van der Waals surface area contributed by atoms with Crippen molar-refractivity contribution in [1.82, 2.24) is 0 Å². The van der Waals surface area contributed by atoms with Gasteiger partial charge in [0.05, 0.1) is 32.5 Å². The normalized spacial score (nSPS) is 53.6. The first-order chi connectivity index (χ1) is 14.4. The summed E-state index contributed by atoms with van der Waals surface area (Å²) in [6.07, 6.45) is 6.45. The van der Waals surface area contributed by atoms with Crippen LogP contribution in [0.3, 0.4) is 0 Å². The van der Waals surface area contributed by atoms with E-state index in [4.69, 9.17) is 18.9 Å². The van der Waals surface area contributed by atoms with E-state index in [1.165, 1.54) is 0 Å². The molecule has 6 nitrogen and oxygen atoms in total. The predicted molar refractivity (Wildman–Crippen MR) is 108 cm³/mol. The topological polar surface area (TPSA) is 77.4 Å². The molecule has 6 fully saturated rings. The number of hydrogen-bond acceptors (Lipinski definition) is 6. The molecule has 30 heavy (non-hydrogen) atoms. The Morgan fingerprint density at radius 1 is 0.800 bits per heavy atom. The molecule has 0 radical (unpaired) electrons. The second kappa shape index (κ2) is 6.64. The molecule has 4 saturated carbocycles. The van der Waals surface area contributed by atoms with Crippen molar-refractivity contribution in [2.75, 3.05) is 33.0 Å². The number of ether oxygens (including phenoxy) is 4. The molecule has 170 valence electrons. The van der Waals surface area contributed by atoms with Gasteiger partial charge in [0.15, 0.2) is 11.6 Å². The van der Waals surface area contributed by atoms with Crippen LogP contribution in [0.1, 0.15) is 58.8 Å². The maximum absolute atomic E-state index is 11.7. The Hall–Kier alpha value is -0.240. The highest BCUT2D eigenvalue weighted by molar-refractivity contribution is 5.16. The van der Waals surface area contributed by atoms with Crippen LogP contribution >= 0.6 is 0 Å². The van der Waals surface area contributed by atoms with Crippen molar-refractivity contribution in [3.8, 4) is 0 Å². The van der Waals surface area contributed by atoms with Crippen molar-refractivity contribution < 1.29 is 29.2 Å². The fraction of sp³-hybridized carbons (Fsp3) is 1.00. The second-order valence-corrected chi connectivity index (χ2v) is 11.5. The van der Waals surface area contributed by atoms with Crippen molar-refractivity contribution in [1.29, 1.82) is 0 Å². The minimum Gasteiger partial charge on any atom is -0.396 e. The third-order valence-electron chi connectivity index (χ3n) is 10.8. The first-order valence-corrected chi connectivity index (χ1v) is 12.2. The highest BCUT2D eigenvalue weighted by Crippen LogP contribution is 2.71. The highest BCUT2D eigenvalue weighted by atomic mass is 16.7. The van der Waals surface area contributed by atoms with Gasteiger partial charge in [0.25, 0.3) is 0 Å². The zero-order chi connectivity index (χ0) is 20.8. The lowest BCUT2D eigenvalue weighted by atomic mass is 9.42. The summed E-state index contributed by atoms with van der Waals surface area (Å²) < 4.78 is 24.6. The molecule has 0 aromatic heterocycles. The van der Waals surface area contributed by atoms with Gasteiger partial charge in [-0.1, -0.05) is 13.8 Å². The molecular weight excluding hydrogens is 384 g/mol. The van der Waals surface area contributed by atoms with Crippen molar-refractivity contribution >= 4 is 0 Å². The van der Waals surface area contributed by atoms with Crippen LogP contribution < -0.4 is 0 Å².